The maximum Gasteiger partial charge on any atom is 0.241 e. The van der Waals surface area contributed by atoms with E-state index in [2.05, 4.69) is 35.1 Å². The fourth-order valence-electron chi connectivity index (χ4n) is 4.22. The Morgan fingerprint density at radius 3 is 2.61 bits per heavy atom. The Kier molecular flexibility index (Phi) is 5.00. The average Bonchev–Trinajstić information content (AvgIpc) is 3.23. The average molecular weight is 315 g/mol. The molecule has 1 aliphatic heterocycles. The third kappa shape index (κ3) is 3.27. The maximum absolute atomic E-state index is 13.2. The molecule has 0 radical (unpaired) electrons. The molecule has 2 heterocycles. The first-order valence-electron chi connectivity index (χ1n) is 9.14. The molecule has 2 fully saturated rings. The maximum atomic E-state index is 13.2. The third-order valence-electron chi connectivity index (χ3n) is 5.57. The van der Waals surface area contributed by atoms with Gasteiger partial charge in [0, 0.05) is 6.20 Å². The lowest BCUT2D eigenvalue weighted by Crippen LogP contribution is -2.56. The zero-order chi connectivity index (χ0) is 16.3. The van der Waals surface area contributed by atoms with Gasteiger partial charge in [0.15, 0.2) is 0 Å². The molecule has 1 aliphatic carbocycles. The van der Waals surface area contributed by atoms with Gasteiger partial charge in [-0.25, -0.2) is 0 Å². The summed E-state index contributed by atoms with van der Waals surface area (Å²) in [6, 6.07) is 4.11. The first-order chi connectivity index (χ1) is 11.2. The van der Waals surface area contributed by atoms with Crippen LogP contribution >= 0.6 is 0 Å². The Balaban J connectivity index is 1.77. The molecule has 4 nitrogen and oxygen atoms in total. The second kappa shape index (κ2) is 7.00. The number of nitrogens with zero attached hydrogens (tertiary/aromatic N) is 2. The number of likely N-dealkylation sites (tertiary alicyclic amines) is 1. The van der Waals surface area contributed by atoms with Gasteiger partial charge in [-0.3, -0.25) is 14.7 Å². The van der Waals surface area contributed by atoms with E-state index >= 15 is 0 Å². The van der Waals surface area contributed by atoms with Crippen LogP contribution in [0.25, 0.3) is 0 Å². The van der Waals surface area contributed by atoms with Gasteiger partial charge >= 0.3 is 0 Å². The fraction of sp³-hybridized carbons (Fsp3) is 0.684. The largest absolute Gasteiger partial charge is 0.346 e. The molecule has 4 heteroatoms. The van der Waals surface area contributed by atoms with Gasteiger partial charge in [-0.2, -0.15) is 0 Å². The first kappa shape index (κ1) is 16.4. The summed E-state index contributed by atoms with van der Waals surface area (Å²) in [5.74, 6) is 0.229. The van der Waals surface area contributed by atoms with E-state index < -0.39 is 0 Å². The number of hydrogen-bond donors (Lipinski definition) is 1. The first-order valence-corrected chi connectivity index (χ1v) is 9.14. The number of aryl methyl sites for hydroxylation is 1. The Morgan fingerprint density at radius 2 is 2.00 bits per heavy atom. The highest BCUT2D eigenvalue weighted by Gasteiger charge is 2.47. The molecule has 0 unspecified atom stereocenters. The predicted octanol–water partition coefficient (Wildman–Crippen LogP) is 3.37. The summed E-state index contributed by atoms with van der Waals surface area (Å²) in [4.78, 5) is 20.1. The lowest BCUT2D eigenvalue weighted by Gasteiger charge is -2.38. The van der Waals surface area contributed by atoms with Gasteiger partial charge in [0.1, 0.15) is 5.54 Å². The van der Waals surface area contributed by atoms with Crippen LogP contribution in [0.15, 0.2) is 18.3 Å². The standard InChI is InChI=1S/C19H29N3O/c1-3-16(17-14-15(2)8-11-20-17)21-18(23)19(9-4-5-10-19)22-12-6-7-13-22/h8,11,14,16H,3-7,9-10,12-13H2,1-2H3,(H,21,23)/t16-/m1/s1. The van der Waals surface area contributed by atoms with Crippen molar-refractivity contribution in [2.75, 3.05) is 13.1 Å². The van der Waals surface area contributed by atoms with E-state index in [0.717, 1.165) is 38.0 Å². The molecular weight excluding hydrogens is 286 g/mol. The van der Waals surface area contributed by atoms with E-state index in [0.29, 0.717) is 0 Å². The molecule has 2 aliphatic rings. The van der Waals surface area contributed by atoms with Crippen molar-refractivity contribution in [3.63, 3.8) is 0 Å². The van der Waals surface area contributed by atoms with Crippen molar-refractivity contribution in [3.8, 4) is 0 Å². The molecule has 0 spiro atoms. The van der Waals surface area contributed by atoms with Gasteiger partial charge in [0.25, 0.3) is 0 Å². The summed E-state index contributed by atoms with van der Waals surface area (Å²) in [5.41, 5.74) is 1.92. The van der Waals surface area contributed by atoms with Gasteiger partial charge in [0.05, 0.1) is 11.7 Å². The quantitative estimate of drug-likeness (QED) is 0.906. The molecule has 1 aromatic heterocycles. The highest BCUT2D eigenvalue weighted by molar-refractivity contribution is 5.87. The van der Waals surface area contributed by atoms with Crippen LogP contribution < -0.4 is 5.32 Å². The Morgan fingerprint density at radius 1 is 1.30 bits per heavy atom. The lowest BCUT2D eigenvalue weighted by molar-refractivity contribution is -0.133. The summed E-state index contributed by atoms with van der Waals surface area (Å²) in [5, 5.41) is 3.33. The minimum atomic E-state index is -0.256. The van der Waals surface area contributed by atoms with E-state index in [9.17, 15) is 4.79 Å². The number of rotatable bonds is 5. The van der Waals surface area contributed by atoms with Crippen molar-refractivity contribution in [3.05, 3.63) is 29.6 Å². The van der Waals surface area contributed by atoms with Crippen molar-refractivity contribution >= 4 is 5.91 Å². The van der Waals surface area contributed by atoms with Crippen molar-refractivity contribution < 1.29 is 4.79 Å². The number of hydrogen-bond acceptors (Lipinski definition) is 3. The van der Waals surface area contributed by atoms with Gasteiger partial charge in [-0.15, -0.1) is 0 Å². The number of nitrogens with one attached hydrogen (secondary N) is 1. The van der Waals surface area contributed by atoms with E-state index in [1.807, 2.05) is 12.3 Å². The Hall–Kier alpha value is -1.42. The highest BCUT2D eigenvalue weighted by atomic mass is 16.2. The van der Waals surface area contributed by atoms with Crippen molar-refractivity contribution in [2.45, 2.75) is 70.4 Å². The molecule has 1 saturated carbocycles. The van der Waals surface area contributed by atoms with Crippen LogP contribution in [0.3, 0.4) is 0 Å². The van der Waals surface area contributed by atoms with Crippen LogP contribution in [0.1, 0.15) is 69.2 Å². The van der Waals surface area contributed by atoms with Crippen LogP contribution in [-0.2, 0) is 4.79 Å². The molecule has 126 valence electrons. The smallest absolute Gasteiger partial charge is 0.241 e. The molecule has 1 atom stereocenters. The summed E-state index contributed by atoms with van der Waals surface area (Å²) >= 11 is 0. The van der Waals surface area contributed by atoms with Gasteiger partial charge in [-0.05, 0) is 69.8 Å². The molecule has 1 amide bonds. The topological polar surface area (TPSA) is 45.2 Å². The van der Waals surface area contributed by atoms with Crippen LogP contribution in [0, 0.1) is 6.92 Å². The highest BCUT2D eigenvalue weighted by Crippen LogP contribution is 2.38. The molecule has 0 aromatic carbocycles. The zero-order valence-corrected chi connectivity index (χ0v) is 14.5. The van der Waals surface area contributed by atoms with Gasteiger partial charge in [0.2, 0.25) is 5.91 Å². The van der Waals surface area contributed by atoms with Crippen LogP contribution in [-0.4, -0.2) is 34.4 Å². The summed E-state index contributed by atoms with van der Waals surface area (Å²) < 4.78 is 0. The summed E-state index contributed by atoms with van der Waals surface area (Å²) in [7, 11) is 0. The van der Waals surface area contributed by atoms with E-state index in [4.69, 9.17) is 0 Å². The molecule has 1 aromatic rings. The van der Waals surface area contributed by atoms with Gasteiger partial charge < -0.3 is 5.32 Å². The lowest BCUT2D eigenvalue weighted by atomic mass is 9.93. The number of carbonyl (C=O) groups excluding carboxylic acids is 1. The Bertz CT molecular complexity index is 545. The summed E-state index contributed by atoms with van der Waals surface area (Å²) in [6.07, 6.45) is 9.53. The van der Waals surface area contributed by atoms with Crippen molar-refractivity contribution in [1.82, 2.24) is 15.2 Å². The van der Waals surface area contributed by atoms with E-state index in [-0.39, 0.29) is 17.5 Å². The van der Waals surface area contributed by atoms with E-state index in [1.54, 1.807) is 0 Å². The number of pyridine rings is 1. The zero-order valence-electron chi connectivity index (χ0n) is 14.5. The predicted molar refractivity (Wildman–Crippen MR) is 92.2 cm³/mol. The van der Waals surface area contributed by atoms with Crippen LogP contribution in [0.2, 0.25) is 0 Å². The minimum Gasteiger partial charge on any atom is -0.346 e. The Labute approximate surface area is 139 Å². The van der Waals surface area contributed by atoms with Crippen LogP contribution in [0.4, 0.5) is 0 Å². The van der Waals surface area contributed by atoms with E-state index in [1.165, 1.54) is 31.2 Å². The molecule has 1 N–H and O–H groups in total. The number of aromatic nitrogens is 1. The van der Waals surface area contributed by atoms with Crippen molar-refractivity contribution in [1.29, 1.82) is 0 Å². The monoisotopic (exact) mass is 315 g/mol. The molecule has 0 bridgehead atoms. The number of carbonyl (C=O) groups is 1. The van der Waals surface area contributed by atoms with Gasteiger partial charge in [-0.1, -0.05) is 19.8 Å². The molecule has 23 heavy (non-hydrogen) atoms. The third-order valence-corrected chi connectivity index (χ3v) is 5.57. The van der Waals surface area contributed by atoms with Crippen molar-refractivity contribution in [2.24, 2.45) is 0 Å². The molecule has 1 saturated heterocycles. The normalized spacial score (nSPS) is 22.2. The summed E-state index contributed by atoms with van der Waals surface area (Å²) in [6.45, 7) is 6.34. The SMILES string of the molecule is CC[C@@H](NC(=O)C1(N2CCCC2)CCCC1)c1cc(C)ccn1. The fourth-order valence-corrected chi connectivity index (χ4v) is 4.22. The molecular formula is C19H29N3O. The number of amides is 1. The van der Waals surface area contributed by atoms with Crippen LogP contribution in [0.5, 0.6) is 0 Å². The second-order valence-corrected chi connectivity index (χ2v) is 7.13. The molecule has 3 rings (SSSR count). The second-order valence-electron chi connectivity index (χ2n) is 7.13. The minimum absolute atomic E-state index is 0.0162.